The summed E-state index contributed by atoms with van der Waals surface area (Å²) in [6.45, 7) is 4.20. The standard InChI is InChI=1S/C15H19N3O2/c1-12-14(4-3-7-17-12)20-15-6-5-13(11-18-15)10-16-8-9-19-2/h3-7,11,16H,8-10H2,1-2H3. The number of hydrogen-bond donors (Lipinski definition) is 1. The van der Waals surface area contributed by atoms with Crippen molar-refractivity contribution in [1.29, 1.82) is 0 Å². The Morgan fingerprint density at radius 1 is 1.20 bits per heavy atom. The largest absolute Gasteiger partial charge is 0.437 e. The Bertz CT molecular complexity index is 529. The average molecular weight is 273 g/mol. The first-order valence-electron chi connectivity index (χ1n) is 6.53. The normalized spacial score (nSPS) is 10.5. The third-order valence-electron chi connectivity index (χ3n) is 2.78. The van der Waals surface area contributed by atoms with E-state index >= 15 is 0 Å². The van der Waals surface area contributed by atoms with E-state index in [4.69, 9.17) is 9.47 Å². The van der Waals surface area contributed by atoms with Crippen LogP contribution >= 0.6 is 0 Å². The van der Waals surface area contributed by atoms with Gasteiger partial charge in [0.25, 0.3) is 0 Å². The minimum atomic E-state index is 0.571. The first kappa shape index (κ1) is 14.4. The first-order valence-corrected chi connectivity index (χ1v) is 6.53. The maximum atomic E-state index is 5.69. The SMILES string of the molecule is COCCNCc1ccc(Oc2cccnc2C)nc1. The topological polar surface area (TPSA) is 56.3 Å². The highest BCUT2D eigenvalue weighted by atomic mass is 16.5. The van der Waals surface area contributed by atoms with Gasteiger partial charge in [0.05, 0.1) is 12.3 Å². The fourth-order valence-electron chi connectivity index (χ4n) is 1.67. The molecule has 20 heavy (non-hydrogen) atoms. The molecule has 2 aromatic rings. The molecule has 0 radical (unpaired) electrons. The molecule has 0 aromatic carbocycles. The summed E-state index contributed by atoms with van der Waals surface area (Å²) in [6, 6.07) is 7.58. The molecule has 2 rings (SSSR count). The van der Waals surface area contributed by atoms with E-state index in [9.17, 15) is 0 Å². The van der Waals surface area contributed by atoms with Crippen LogP contribution < -0.4 is 10.1 Å². The highest BCUT2D eigenvalue weighted by Crippen LogP contribution is 2.21. The van der Waals surface area contributed by atoms with Crippen LogP contribution in [0.15, 0.2) is 36.7 Å². The average Bonchev–Trinajstić information content (AvgIpc) is 2.48. The van der Waals surface area contributed by atoms with Gasteiger partial charge in [0, 0.05) is 38.7 Å². The predicted octanol–water partition coefficient (Wildman–Crippen LogP) is 2.31. The van der Waals surface area contributed by atoms with Gasteiger partial charge in [-0.2, -0.15) is 0 Å². The number of rotatable bonds is 7. The summed E-state index contributed by atoms with van der Waals surface area (Å²) in [4.78, 5) is 8.47. The molecule has 0 bridgehead atoms. The minimum Gasteiger partial charge on any atom is -0.437 e. The molecule has 2 heterocycles. The lowest BCUT2D eigenvalue weighted by Crippen LogP contribution is -2.18. The van der Waals surface area contributed by atoms with Crippen molar-refractivity contribution in [3.8, 4) is 11.6 Å². The van der Waals surface area contributed by atoms with E-state index in [1.807, 2.05) is 31.2 Å². The molecule has 0 aliphatic rings. The smallest absolute Gasteiger partial charge is 0.219 e. The second-order valence-corrected chi connectivity index (χ2v) is 4.36. The van der Waals surface area contributed by atoms with Crippen LogP contribution in [0.3, 0.4) is 0 Å². The van der Waals surface area contributed by atoms with Crippen LogP contribution in [0, 0.1) is 6.92 Å². The minimum absolute atomic E-state index is 0.571. The quantitative estimate of drug-likeness (QED) is 0.785. The molecule has 5 heteroatoms. The Balaban J connectivity index is 1.90. The maximum Gasteiger partial charge on any atom is 0.219 e. The summed E-state index contributed by atoms with van der Waals surface area (Å²) in [5.41, 5.74) is 1.95. The van der Waals surface area contributed by atoms with Crippen molar-refractivity contribution in [3.05, 3.63) is 47.9 Å². The summed E-state index contributed by atoms with van der Waals surface area (Å²) in [6.07, 6.45) is 3.55. The molecule has 5 nitrogen and oxygen atoms in total. The van der Waals surface area contributed by atoms with Gasteiger partial charge in [-0.15, -0.1) is 0 Å². The molecule has 0 aliphatic carbocycles. The van der Waals surface area contributed by atoms with Gasteiger partial charge in [-0.25, -0.2) is 4.98 Å². The van der Waals surface area contributed by atoms with Crippen molar-refractivity contribution in [2.75, 3.05) is 20.3 Å². The predicted molar refractivity (Wildman–Crippen MR) is 76.9 cm³/mol. The van der Waals surface area contributed by atoms with Gasteiger partial charge in [-0.1, -0.05) is 6.07 Å². The Morgan fingerprint density at radius 3 is 2.80 bits per heavy atom. The van der Waals surface area contributed by atoms with Crippen LogP contribution in [0.25, 0.3) is 0 Å². The molecule has 0 saturated carbocycles. The lowest BCUT2D eigenvalue weighted by molar-refractivity contribution is 0.199. The van der Waals surface area contributed by atoms with Gasteiger partial charge in [-0.05, 0) is 24.6 Å². The van der Waals surface area contributed by atoms with E-state index in [1.165, 1.54) is 0 Å². The number of hydrogen-bond acceptors (Lipinski definition) is 5. The number of nitrogens with zero attached hydrogens (tertiary/aromatic N) is 2. The molecule has 2 aromatic heterocycles. The number of nitrogens with one attached hydrogen (secondary N) is 1. The van der Waals surface area contributed by atoms with Crippen molar-refractivity contribution in [3.63, 3.8) is 0 Å². The Labute approximate surface area is 119 Å². The van der Waals surface area contributed by atoms with Gasteiger partial charge in [0.1, 0.15) is 0 Å². The molecule has 0 aliphatic heterocycles. The summed E-state index contributed by atoms with van der Waals surface area (Å²) in [5, 5.41) is 3.27. The van der Waals surface area contributed by atoms with Crippen LogP contribution in [0.4, 0.5) is 0 Å². The highest BCUT2D eigenvalue weighted by Gasteiger charge is 2.02. The highest BCUT2D eigenvalue weighted by molar-refractivity contribution is 5.30. The van der Waals surface area contributed by atoms with E-state index in [1.54, 1.807) is 19.5 Å². The molecule has 0 spiro atoms. The zero-order chi connectivity index (χ0) is 14.2. The van der Waals surface area contributed by atoms with E-state index < -0.39 is 0 Å². The van der Waals surface area contributed by atoms with Crippen LogP contribution in [0.5, 0.6) is 11.6 Å². The molecule has 0 saturated heterocycles. The van der Waals surface area contributed by atoms with Crippen molar-refractivity contribution in [2.24, 2.45) is 0 Å². The van der Waals surface area contributed by atoms with Gasteiger partial charge < -0.3 is 14.8 Å². The zero-order valence-electron chi connectivity index (χ0n) is 11.8. The van der Waals surface area contributed by atoms with E-state index in [0.717, 1.165) is 30.1 Å². The molecule has 1 N–H and O–H groups in total. The van der Waals surface area contributed by atoms with Crippen LogP contribution in [-0.2, 0) is 11.3 Å². The lowest BCUT2D eigenvalue weighted by atomic mass is 10.3. The van der Waals surface area contributed by atoms with E-state index in [0.29, 0.717) is 12.5 Å². The number of aryl methyl sites for hydroxylation is 1. The first-order chi connectivity index (χ1) is 9.79. The van der Waals surface area contributed by atoms with Gasteiger partial charge in [0.15, 0.2) is 5.75 Å². The third kappa shape index (κ3) is 4.29. The maximum absolute atomic E-state index is 5.69. The molecule has 0 fully saturated rings. The molecule has 0 amide bonds. The lowest BCUT2D eigenvalue weighted by Gasteiger charge is -2.08. The second-order valence-electron chi connectivity index (χ2n) is 4.36. The Kier molecular flexibility index (Phi) is 5.46. The summed E-state index contributed by atoms with van der Waals surface area (Å²) in [7, 11) is 1.69. The van der Waals surface area contributed by atoms with Gasteiger partial charge in [-0.3, -0.25) is 4.98 Å². The molecular weight excluding hydrogens is 254 g/mol. The van der Waals surface area contributed by atoms with Crippen molar-refractivity contribution in [1.82, 2.24) is 15.3 Å². The third-order valence-corrected chi connectivity index (χ3v) is 2.78. The second kappa shape index (κ2) is 7.57. The van der Waals surface area contributed by atoms with Crippen LogP contribution in [0.2, 0.25) is 0 Å². The van der Waals surface area contributed by atoms with E-state index in [2.05, 4.69) is 15.3 Å². The molecule has 0 unspecified atom stereocenters. The van der Waals surface area contributed by atoms with Gasteiger partial charge >= 0.3 is 0 Å². The van der Waals surface area contributed by atoms with Crippen molar-refractivity contribution in [2.45, 2.75) is 13.5 Å². The molecular formula is C15H19N3O2. The fraction of sp³-hybridized carbons (Fsp3) is 0.333. The van der Waals surface area contributed by atoms with Crippen molar-refractivity contribution < 1.29 is 9.47 Å². The molecule has 106 valence electrons. The Morgan fingerprint density at radius 2 is 2.10 bits per heavy atom. The number of methoxy groups -OCH3 is 1. The Hall–Kier alpha value is -1.98. The monoisotopic (exact) mass is 273 g/mol. The summed E-state index contributed by atoms with van der Waals surface area (Å²) >= 11 is 0. The summed E-state index contributed by atoms with van der Waals surface area (Å²) < 4.78 is 10.7. The van der Waals surface area contributed by atoms with Crippen molar-refractivity contribution >= 4 is 0 Å². The van der Waals surface area contributed by atoms with Crippen LogP contribution in [0.1, 0.15) is 11.3 Å². The fourth-order valence-corrected chi connectivity index (χ4v) is 1.67. The van der Waals surface area contributed by atoms with Crippen LogP contribution in [-0.4, -0.2) is 30.2 Å². The van der Waals surface area contributed by atoms with E-state index in [-0.39, 0.29) is 0 Å². The van der Waals surface area contributed by atoms with Gasteiger partial charge in [0.2, 0.25) is 5.88 Å². The summed E-state index contributed by atoms with van der Waals surface area (Å²) in [5.74, 6) is 1.30. The molecule has 0 atom stereocenters. The number of aromatic nitrogens is 2. The number of pyridine rings is 2. The zero-order valence-corrected chi connectivity index (χ0v) is 11.8. The number of ether oxygens (including phenoxy) is 2.